The van der Waals surface area contributed by atoms with E-state index in [2.05, 4.69) is 4.99 Å². The van der Waals surface area contributed by atoms with Crippen LogP contribution in [0.3, 0.4) is 0 Å². The Hall–Kier alpha value is -0.790. The maximum atomic E-state index is 5.21. The molecule has 2 nitrogen and oxygen atoms in total. The molecule has 1 aliphatic heterocycles. The molecule has 0 bridgehead atoms. The molecule has 0 unspecified atom stereocenters. The molecular weight excluding hydrogens is 102 g/mol. The van der Waals surface area contributed by atoms with Crippen LogP contribution in [-0.4, -0.2) is 12.3 Å². The van der Waals surface area contributed by atoms with Crippen molar-refractivity contribution < 1.29 is 4.74 Å². The van der Waals surface area contributed by atoms with Gasteiger partial charge in [0, 0.05) is 0 Å². The fraction of sp³-hybridized carbons (Fsp3) is 0.500. The van der Waals surface area contributed by atoms with Gasteiger partial charge in [-0.2, -0.15) is 0 Å². The Bertz CT molecular complexity index is 191. The number of rotatable bonds is 0. The minimum absolute atomic E-state index is 0.707. The number of nitrogens with zero attached hydrogens (tertiary/aromatic N) is 1. The lowest BCUT2D eigenvalue weighted by molar-refractivity contribution is 0.273. The minimum atomic E-state index is 0.707. The van der Waals surface area contributed by atoms with Crippen LogP contribution < -0.4 is 0 Å². The molecule has 0 fully saturated rings. The predicted molar refractivity (Wildman–Crippen MR) is 30.7 cm³/mol. The van der Waals surface area contributed by atoms with Crippen LogP contribution in [0.1, 0.15) is 13.3 Å². The summed E-state index contributed by atoms with van der Waals surface area (Å²) in [6.07, 6.45) is 0.997. The van der Waals surface area contributed by atoms with Gasteiger partial charge in [-0.05, 0) is 6.92 Å². The van der Waals surface area contributed by atoms with Crippen molar-refractivity contribution in [2.24, 2.45) is 4.99 Å². The Kier molecular flexibility index (Phi) is 0.583. The van der Waals surface area contributed by atoms with Crippen LogP contribution >= 0.6 is 0 Å². The van der Waals surface area contributed by atoms with E-state index in [1.54, 1.807) is 0 Å². The van der Waals surface area contributed by atoms with E-state index in [0.717, 1.165) is 23.6 Å². The molecule has 0 saturated heterocycles. The second kappa shape index (κ2) is 1.13. The van der Waals surface area contributed by atoms with E-state index in [0.29, 0.717) is 6.61 Å². The Balaban J connectivity index is 2.29. The van der Waals surface area contributed by atoms with Gasteiger partial charge in [-0.25, -0.2) is 0 Å². The molecule has 0 radical (unpaired) electrons. The second-order valence-corrected chi connectivity index (χ2v) is 2.18. The van der Waals surface area contributed by atoms with Crippen LogP contribution in [0.2, 0.25) is 0 Å². The van der Waals surface area contributed by atoms with Gasteiger partial charge < -0.3 is 4.74 Å². The molecule has 0 saturated carbocycles. The number of allylic oxidation sites excluding steroid dienone is 2. The quantitative estimate of drug-likeness (QED) is 0.456. The van der Waals surface area contributed by atoms with Gasteiger partial charge in [0.05, 0.1) is 17.8 Å². The second-order valence-electron chi connectivity index (χ2n) is 2.18. The van der Waals surface area contributed by atoms with Crippen LogP contribution in [0.5, 0.6) is 0 Å². The molecular formula is C6H7NO. The van der Waals surface area contributed by atoms with Gasteiger partial charge >= 0.3 is 0 Å². The summed E-state index contributed by atoms with van der Waals surface area (Å²) in [4.78, 5) is 4.23. The molecule has 8 heavy (non-hydrogen) atoms. The van der Waals surface area contributed by atoms with Crippen LogP contribution in [0.25, 0.3) is 0 Å². The highest BCUT2D eigenvalue weighted by molar-refractivity contribution is 5.85. The zero-order valence-electron chi connectivity index (χ0n) is 4.77. The molecule has 0 N–H and O–H groups in total. The first-order valence-corrected chi connectivity index (χ1v) is 2.75. The highest BCUT2D eigenvalue weighted by Gasteiger charge is 2.26. The van der Waals surface area contributed by atoms with E-state index in [4.69, 9.17) is 4.74 Å². The third-order valence-corrected chi connectivity index (χ3v) is 1.31. The average molecular weight is 109 g/mol. The summed E-state index contributed by atoms with van der Waals surface area (Å²) >= 11 is 0. The molecule has 0 spiro atoms. The zero-order chi connectivity index (χ0) is 5.56. The van der Waals surface area contributed by atoms with Crippen molar-refractivity contribution in [1.29, 1.82) is 0 Å². The number of ether oxygens (including phenoxy) is 1. The minimum Gasteiger partial charge on any atom is -0.490 e. The van der Waals surface area contributed by atoms with Crippen molar-refractivity contribution in [1.82, 2.24) is 0 Å². The molecule has 0 aromatic carbocycles. The van der Waals surface area contributed by atoms with Gasteiger partial charge in [-0.1, -0.05) is 0 Å². The molecule has 42 valence electrons. The lowest BCUT2D eigenvalue weighted by atomic mass is 10.4. The third kappa shape index (κ3) is 0.457. The van der Waals surface area contributed by atoms with Crippen LogP contribution in [0.15, 0.2) is 16.4 Å². The maximum Gasteiger partial charge on any atom is 0.126 e. The van der Waals surface area contributed by atoms with Gasteiger partial charge in [0.15, 0.2) is 0 Å². The maximum absolute atomic E-state index is 5.21. The van der Waals surface area contributed by atoms with E-state index in [1.165, 1.54) is 0 Å². The van der Waals surface area contributed by atoms with E-state index in [9.17, 15) is 0 Å². The summed E-state index contributed by atoms with van der Waals surface area (Å²) in [6.45, 7) is 2.70. The molecule has 0 amide bonds. The fourth-order valence-corrected chi connectivity index (χ4v) is 0.798. The normalized spacial score (nSPS) is 23.9. The molecule has 2 aliphatic rings. The van der Waals surface area contributed by atoms with Crippen molar-refractivity contribution in [2.45, 2.75) is 13.3 Å². The average Bonchev–Trinajstić information content (AvgIpc) is 2.43. The van der Waals surface area contributed by atoms with Gasteiger partial charge in [0.2, 0.25) is 0 Å². The molecule has 0 aromatic heterocycles. The van der Waals surface area contributed by atoms with Crippen LogP contribution in [-0.2, 0) is 4.74 Å². The largest absolute Gasteiger partial charge is 0.490 e. The summed E-state index contributed by atoms with van der Waals surface area (Å²) in [5.41, 5.74) is 2.26. The molecule has 0 atom stereocenters. The zero-order valence-corrected chi connectivity index (χ0v) is 4.77. The topological polar surface area (TPSA) is 21.6 Å². The van der Waals surface area contributed by atoms with Crippen LogP contribution in [0.4, 0.5) is 0 Å². The first-order chi connectivity index (χ1) is 3.86. The fourth-order valence-electron chi connectivity index (χ4n) is 0.798. The van der Waals surface area contributed by atoms with Gasteiger partial charge in [0.1, 0.15) is 12.4 Å². The van der Waals surface area contributed by atoms with Crippen molar-refractivity contribution in [3.05, 3.63) is 11.5 Å². The van der Waals surface area contributed by atoms with Gasteiger partial charge in [-0.15, -0.1) is 0 Å². The molecule has 2 heteroatoms. The predicted octanol–water partition coefficient (Wildman–Crippen LogP) is 1.09. The number of hydrogen-bond donors (Lipinski definition) is 0. The van der Waals surface area contributed by atoms with Crippen molar-refractivity contribution in [3.8, 4) is 0 Å². The highest BCUT2D eigenvalue weighted by atomic mass is 16.5. The Labute approximate surface area is 47.9 Å². The molecule has 1 aliphatic carbocycles. The summed E-state index contributed by atoms with van der Waals surface area (Å²) in [6, 6.07) is 0. The Morgan fingerprint density at radius 3 is 3.12 bits per heavy atom. The first kappa shape index (κ1) is 4.13. The van der Waals surface area contributed by atoms with Gasteiger partial charge in [0.25, 0.3) is 0 Å². The summed E-state index contributed by atoms with van der Waals surface area (Å²) in [5.74, 6) is 1.11. The highest BCUT2D eigenvalue weighted by Crippen LogP contribution is 2.35. The Morgan fingerprint density at radius 2 is 2.50 bits per heavy atom. The summed E-state index contributed by atoms with van der Waals surface area (Å²) < 4.78 is 5.21. The van der Waals surface area contributed by atoms with Crippen molar-refractivity contribution in [2.75, 3.05) is 6.61 Å². The molecule has 1 heterocycles. The number of hydrogen-bond acceptors (Lipinski definition) is 2. The monoisotopic (exact) mass is 109 g/mol. The third-order valence-electron chi connectivity index (χ3n) is 1.31. The lowest BCUT2D eigenvalue weighted by Gasteiger charge is -2.01. The van der Waals surface area contributed by atoms with Crippen molar-refractivity contribution >= 4 is 5.71 Å². The Morgan fingerprint density at radius 1 is 1.62 bits per heavy atom. The van der Waals surface area contributed by atoms with Gasteiger partial charge in [-0.3, -0.25) is 4.99 Å². The standard InChI is InChI=1S/C6H7NO/c1-4-3-8-6-2-5(6)7-4/h2-3H2,1H3. The van der Waals surface area contributed by atoms with Crippen molar-refractivity contribution in [3.63, 3.8) is 0 Å². The van der Waals surface area contributed by atoms with E-state index in [1.807, 2.05) is 6.92 Å². The lowest BCUT2D eigenvalue weighted by Crippen LogP contribution is -2.02. The smallest absolute Gasteiger partial charge is 0.126 e. The number of aliphatic imine (C=N–C) groups is 1. The van der Waals surface area contributed by atoms with E-state index in [-0.39, 0.29) is 0 Å². The summed E-state index contributed by atoms with van der Waals surface area (Å²) in [5, 5.41) is 0. The SMILES string of the molecule is CC1=NC2=C(C2)OC1. The van der Waals surface area contributed by atoms with Crippen LogP contribution in [0, 0.1) is 0 Å². The summed E-state index contributed by atoms with van der Waals surface area (Å²) in [7, 11) is 0. The molecule has 0 aromatic rings. The van der Waals surface area contributed by atoms with E-state index >= 15 is 0 Å². The first-order valence-electron chi connectivity index (χ1n) is 2.75. The van der Waals surface area contributed by atoms with E-state index < -0.39 is 0 Å². The molecule has 2 rings (SSSR count).